The lowest BCUT2D eigenvalue weighted by molar-refractivity contribution is -0.150. The summed E-state index contributed by atoms with van der Waals surface area (Å²) in [6, 6.07) is 6.97. The summed E-state index contributed by atoms with van der Waals surface area (Å²) in [5, 5.41) is 9.35. The highest BCUT2D eigenvalue weighted by Crippen LogP contribution is 2.20. The van der Waals surface area contributed by atoms with E-state index in [1.165, 1.54) is 4.90 Å². The van der Waals surface area contributed by atoms with E-state index < -0.39 is 12.0 Å². The van der Waals surface area contributed by atoms with Crippen LogP contribution in [0.15, 0.2) is 24.3 Å². The molecule has 0 radical (unpaired) electrons. The number of nitrogens with zero attached hydrogens (tertiary/aromatic N) is 1. The van der Waals surface area contributed by atoms with E-state index in [0.29, 0.717) is 19.4 Å². The van der Waals surface area contributed by atoms with E-state index in [0.717, 1.165) is 11.1 Å². The Kier molecular flexibility index (Phi) is 4.16. The number of carbonyl (C=O) groups is 2. The van der Waals surface area contributed by atoms with Crippen LogP contribution in [0, 0.1) is 0 Å². The molecule has 0 fully saturated rings. The number of carboxylic acids is 1. The average molecular weight is 262 g/mol. The Hall–Kier alpha value is -1.88. The van der Waals surface area contributed by atoms with E-state index in [4.69, 9.17) is 5.73 Å². The fourth-order valence-corrected chi connectivity index (χ4v) is 2.50. The molecule has 0 saturated carbocycles. The zero-order valence-corrected chi connectivity index (χ0v) is 10.7. The van der Waals surface area contributed by atoms with Gasteiger partial charge in [0.05, 0.1) is 0 Å². The van der Waals surface area contributed by atoms with Gasteiger partial charge in [0, 0.05) is 25.9 Å². The van der Waals surface area contributed by atoms with Gasteiger partial charge >= 0.3 is 5.97 Å². The van der Waals surface area contributed by atoms with Crippen LogP contribution in [0.3, 0.4) is 0 Å². The zero-order valence-electron chi connectivity index (χ0n) is 10.7. The molecule has 0 saturated heterocycles. The van der Waals surface area contributed by atoms with Gasteiger partial charge in [-0.1, -0.05) is 24.3 Å². The second-order valence-corrected chi connectivity index (χ2v) is 4.70. The summed E-state index contributed by atoms with van der Waals surface area (Å²) in [5.74, 6) is -1.13. The number of carbonyl (C=O) groups excluding carboxylic acids is 1. The van der Waals surface area contributed by atoms with Gasteiger partial charge in [-0.3, -0.25) is 4.79 Å². The first-order valence-electron chi connectivity index (χ1n) is 6.42. The number of fused-ring (bicyclic) bond motifs is 1. The van der Waals surface area contributed by atoms with Crippen LogP contribution < -0.4 is 5.73 Å². The Morgan fingerprint density at radius 1 is 1.32 bits per heavy atom. The van der Waals surface area contributed by atoms with E-state index >= 15 is 0 Å². The zero-order chi connectivity index (χ0) is 13.8. The number of hydrogen-bond donors (Lipinski definition) is 2. The van der Waals surface area contributed by atoms with Crippen molar-refractivity contribution in [3.8, 4) is 0 Å². The number of hydrogen-bond acceptors (Lipinski definition) is 3. The quantitative estimate of drug-likeness (QED) is 0.826. The van der Waals surface area contributed by atoms with Gasteiger partial charge < -0.3 is 15.7 Å². The first kappa shape index (κ1) is 13.5. The molecule has 1 aliphatic rings. The van der Waals surface area contributed by atoms with Crippen molar-refractivity contribution < 1.29 is 14.7 Å². The van der Waals surface area contributed by atoms with Crippen molar-refractivity contribution in [2.24, 2.45) is 5.73 Å². The summed E-state index contributed by atoms with van der Waals surface area (Å²) in [5.41, 5.74) is 7.52. The minimum absolute atomic E-state index is 0.178. The molecule has 0 bridgehead atoms. The fourth-order valence-electron chi connectivity index (χ4n) is 2.50. The summed E-state index contributed by atoms with van der Waals surface area (Å²) in [6.45, 7) is 0.682. The highest BCUT2D eigenvalue weighted by Gasteiger charge is 2.31. The van der Waals surface area contributed by atoms with Gasteiger partial charge in [0.2, 0.25) is 5.91 Å². The van der Waals surface area contributed by atoms with Crippen LogP contribution in [-0.4, -0.2) is 41.0 Å². The molecule has 1 heterocycles. The van der Waals surface area contributed by atoms with Gasteiger partial charge in [-0.05, 0) is 17.5 Å². The van der Waals surface area contributed by atoms with Crippen LogP contribution in [0.25, 0.3) is 0 Å². The Morgan fingerprint density at radius 2 is 2.00 bits per heavy atom. The molecule has 102 valence electrons. The third kappa shape index (κ3) is 2.93. The van der Waals surface area contributed by atoms with Crippen LogP contribution >= 0.6 is 0 Å². The molecule has 1 aromatic carbocycles. The molecule has 5 nitrogen and oxygen atoms in total. The Labute approximate surface area is 112 Å². The second kappa shape index (κ2) is 5.84. The van der Waals surface area contributed by atoms with Gasteiger partial charge in [0.1, 0.15) is 6.04 Å². The molecule has 1 aromatic rings. The van der Waals surface area contributed by atoms with Gasteiger partial charge in [-0.2, -0.15) is 0 Å². The van der Waals surface area contributed by atoms with Gasteiger partial charge in [-0.15, -0.1) is 0 Å². The summed E-state index contributed by atoms with van der Waals surface area (Å²) < 4.78 is 0. The lowest BCUT2D eigenvalue weighted by Gasteiger charge is -2.26. The molecule has 1 amide bonds. The van der Waals surface area contributed by atoms with Crippen molar-refractivity contribution in [3.63, 3.8) is 0 Å². The molecule has 1 unspecified atom stereocenters. The summed E-state index contributed by atoms with van der Waals surface area (Å²) >= 11 is 0. The molecule has 2 rings (SSSR count). The first-order valence-corrected chi connectivity index (χ1v) is 6.42. The monoisotopic (exact) mass is 262 g/mol. The van der Waals surface area contributed by atoms with E-state index in [-0.39, 0.29) is 18.9 Å². The minimum Gasteiger partial charge on any atom is -0.480 e. The second-order valence-electron chi connectivity index (χ2n) is 4.70. The maximum absolute atomic E-state index is 12.0. The predicted octanol–water partition coefficient (Wildman–Crippen LogP) is 0.416. The summed E-state index contributed by atoms with van der Waals surface area (Å²) in [4.78, 5) is 24.9. The first-order chi connectivity index (χ1) is 9.13. The normalized spacial score (nSPS) is 18.6. The maximum atomic E-state index is 12.0. The molecule has 0 aliphatic carbocycles. The molecule has 19 heavy (non-hydrogen) atoms. The number of carboxylic acid groups (broad SMARTS) is 1. The molecule has 0 spiro atoms. The largest absolute Gasteiger partial charge is 0.480 e. The summed E-state index contributed by atoms with van der Waals surface area (Å²) in [6.07, 6.45) is 1.25. The average Bonchev–Trinajstić information content (AvgIpc) is 2.58. The predicted molar refractivity (Wildman–Crippen MR) is 70.7 cm³/mol. The highest BCUT2D eigenvalue weighted by atomic mass is 16.4. The third-order valence-corrected chi connectivity index (χ3v) is 3.49. The molecule has 5 heteroatoms. The lowest BCUT2D eigenvalue weighted by atomic mass is 10.0. The summed E-state index contributed by atoms with van der Waals surface area (Å²) in [7, 11) is 0. The third-order valence-electron chi connectivity index (χ3n) is 3.49. The van der Waals surface area contributed by atoms with Crippen LogP contribution in [-0.2, 0) is 22.4 Å². The Balaban J connectivity index is 2.27. The van der Waals surface area contributed by atoms with Crippen molar-refractivity contribution >= 4 is 11.9 Å². The van der Waals surface area contributed by atoms with Crippen molar-refractivity contribution in [1.82, 2.24) is 4.90 Å². The van der Waals surface area contributed by atoms with E-state index in [2.05, 4.69) is 0 Å². The van der Waals surface area contributed by atoms with Crippen molar-refractivity contribution in [2.45, 2.75) is 25.3 Å². The van der Waals surface area contributed by atoms with Gasteiger partial charge in [-0.25, -0.2) is 4.79 Å². The van der Waals surface area contributed by atoms with Crippen LogP contribution in [0.4, 0.5) is 0 Å². The smallest absolute Gasteiger partial charge is 0.326 e. The maximum Gasteiger partial charge on any atom is 0.326 e. The molecular weight excluding hydrogens is 244 g/mol. The molecule has 1 aliphatic heterocycles. The standard InChI is InChI=1S/C14H18N2O3/c15-7-5-13(17)16-8-6-10-3-1-2-4-11(10)9-12(16)14(18)19/h1-4,12H,5-9,15H2,(H,18,19). The topological polar surface area (TPSA) is 83.6 Å². The SMILES string of the molecule is NCCC(=O)N1CCc2ccccc2CC1C(=O)O. The number of nitrogens with two attached hydrogens (primary N) is 1. The van der Waals surface area contributed by atoms with E-state index in [9.17, 15) is 14.7 Å². The highest BCUT2D eigenvalue weighted by molar-refractivity contribution is 5.84. The fraction of sp³-hybridized carbons (Fsp3) is 0.429. The minimum atomic E-state index is -0.956. The van der Waals surface area contributed by atoms with Crippen molar-refractivity contribution in [3.05, 3.63) is 35.4 Å². The van der Waals surface area contributed by atoms with Gasteiger partial charge in [0.15, 0.2) is 0 Å². The molecule has 3 N–H and O–H groups in total. The molecule has 0 aromatic heterocycles. The van der Waals surface area contributed by atoms with Crippen molar-refractivity contribution in [1.29, 1.82) is 0 Å². The van der Waals surface area contributed by atoms with Crippen molar-refractivity contribution in [2.75, 3.05) is 13.1 Å². The lowest BCUT2D eigenvalue weighted by Crippen LogP contribution is -2.46. The number of benzene rings is 1. The Morgan fingerprint density at radius 3 is 2.63 bits per heavy atom. The van der Waals surface area contributed by atoms with Crippen LogP contribution in [0.5, 0.6) is 0 Å². The molecular formula is C14H18N2O3. The van der Waals surface area contributed by atoms with E-state index in [1.807, 2.05) is 24.3 Å². The Bertz CT molecular complexity index is 487. The van der Waals surface area contributed by atoms with E-state index in [1.54, 1.807) is 0 Å². The number of aliphatic carboxylic acids is 1. The number of rotatable bonds is 3. The van der Waals surface area contributed by atoms with Gasteiger partial charge in [0.25, 0.3) is 0 Å². The van der Waals surface area contributed by atoms with Crippen LogP contribution in [0.1, 0.15) is 17.5 Å². The van der Waals surface area contributed by atoms with Crippen LogP contribution in [0.2, 0.25) is 0 Å². The number of amides is 1. The molecule has 1 atom stereocenters.